The summed E-state index contributed by atoms with van der Waals surface area (Å²) in [5.74, 6) is -0.0526. The van der Waals surface area contributed by atoms with Crippen LogP contribution < -0.4 is 5.32 Å². The topological polar surface area (TPSA) is 95.9 Å². The first-order valence-electron chi connectivity index (χ1n) is 28.4. The zero-order valence-corrected chi connectivity index (χ0v) is 42.6. The molecule has 63 heavy (non-hydrogen) atoms. The zero-order valence-electron chi connectivity index (χ0n) is 42.6. The molecule has 374 valence electrons. The number of aliphatic hydroxyl groups excluding tert-OH is 2. The SMILES string of the molecule is CCCCCCCC/C=C\CCCCCCCC(=O)OCCCCCCCCCCCCCCCCC(=O)NC(CO)C(O)CCCCCCCCCCCCCCCCCCC. The molecule has 0 aromatic carbocycles. The number of nitrogens with one attached hydrogen (secondary N) is 1. The van der Waals surface area contributed by atoms with Gasteiger partial charge in [-0.15, -0.1) is 0 Å². The van der Waals surface area contributed by atoms with Crippen molar-refractivity contribution in [3.8, 4) is 0 Å². The molecule has 0 rings (SSSR count). The lowest BCUT2D eigenvalue weighted by atomic mass is 10.0. The molecule has 0 saturated heterocycles. The highest BCUT2D eigenvalue weighted by Gasteiger charge is 2.20. The molecular weight excluding hydrogens is 779 g/mol. The van der Waals surface area contributed by atoms with E-state index in [1.54, 1.807) is 0 Å². The third-order valence-electron chi connectivity index (χ3n) is 13.3. The van der Waals surface area contributed by atoms with Crippen LogP contribution in [0, 0.1) is 0 Å². The van der Waals surface area contributed by atoms with Gasteiger partial charge < -0.3 is 20.3 Å². The number of carbonyl (C=O) groups is 2. The van der Waals surface area contributed by atoms with Crippen LogP contribution in [0.1, 0.15) is 316 Å². The normalized spacial score (nSPS) is 12.6. The van der Waals surface area contributed by atoms with Gasteiger partial charge in [-0.1, -0.05) is 264 Å². The second kappa shape index (κ2) is 53.2. The minimum atomic E-state index is -0.671. The first-order chi connectivity index (χ1) is 31.0. The van der Waals surface area contributed by atoms with Gasteiger partial charge in [-0.3, -0.25) is 9.59 Å². The Balaban J connectivity index is 3.44. The fourth-order valence-corrected chi connectivity index (χ4v) is 8.93. The second-order valence-corrected chi connectivity index (χ2v) is 19.6. The van der Waals surface area contributed by atoms with Gasteiger partial charge in [-0.2, -0.15) is 0 Å². The van der Waals surface area contributed by atoms with Crippen molar-refractivity contribution in [3.63, 3.8) is 0 Å². The monoisotopic (exact) mass is 890 g/mol. The number of allylic oxidation sites excluding steroid dienone is 2. The average Bonchev–Trinajstić information content (AvgIpc) is 3.28. The molecule has 0 bridgehead atoms. The van der Waals surface area contributed by atoms with Gasteiger partial charge in [0.1, 0.15) is 0 Å². The van der Waals surface area contributed by atoms with Crippen LogP contribution in [-0.4, -0.2) is 47.4 Å². The summed E-state index contributed by atoms with van der Waals surface area (Å²) in [6.07, 6.45) is 61.9. The van der Waals surface area contributed by atoms with Gasteiger partial charge in [0.2, 0.25) is 5.91 Å². The minimum absolute atomic E-state index is 0.00934. The van der Waals surface area contributed by atoms with Crippen LogP contribution in [0.5, 0.6) is 0 Å². The van der Waals surface area contributed by atoms with Crippen molar-refractivity contribution >= 4 is 11.9 Å². The van der Waals surface area contributed by atoms with Gasteiger partial charge in [0.25, 0.3) is 0 Å². The van der Waals surface area contributed by atoms with Crippen molar-refractivity contribution in [3.05, 3.63) is 12.2 Å². The Labute approximate surface area is 393 Å². The number of ether oxygens (including phenoxy) is 1. The highest BCUT2D eigenvalue weighted by molar-refractivity contribution is 5.76. The summed E-state index contributed by atoms with van der Waals surface area (Å²) in [5.41, 5.74) is 0. The fraction of sp³-hybridized carbons (Fsp3) is 0.930. The summed E-state index contributed by atoms with van der Waals surface area (Å²) < 4.78 is 5.47. The Morgan fingerprint density at radius 3 is 1.13 bits per heavy atom. The summed E-state index contributed by atoms with van der Waals surface area (Å²) in [6, 6.07) is -0.549. The van der Waals surface area contributed by atoms with Crippen LogP contribution in [0.25, 0.3) is 0 Å². The zero-order chi connectivity index (χ0) is 45.8. The van der Waals surface area contributed by atoms with E-state index in [1.807, 2.05) is 0 Å². The van der Waals surface area contributed by atoms with Crippen LogP contribution in [0.2, 0.25) is 0 Å². The Morgan fingerprint density at radius 2 is 0.746 bits per heavy atom. The van der Waals surface area contributed by atoms with E-state index in [0.717, 1.165) is 51.4 Å². The number of hydrogen-bond acceptors (Lipinski definition) is 5. The first kappa shape index (κ1) is 61.6. The molecule has 1 amide bonds. The standard InChI is InChI=1S/C57H111NO5/c1-3-5-7-9-11-13-15-17-19-20-22-25-29-33-37-41-45-49-55(60)54(53-59)58-56(61)50-46-42-38-34-30-26-23-24-28-32-36-40-44-48-52-63-57(62)51-47-43-39-35-31-27-21-18-16-14-12-10-8-6-4-2/h18,21,54-55,59-60H,3-17,19-20,22-53H2,1-2H3,(H,58,61)/b21-18-. The molecule has 0 aliphatic rings. The molecule has 0 radical (unpaired) electrons. The number of hydrogen-bond donors (Lipinski definition) is 3. The van der Waals surface area contributed by atoms with E-state index in [2.05, 4.69) is 31.3 Å². The van der Waals surface area contributed by atoms with Crippen molar-refractivity contribution in [2.24, 2.45) is 0 Å². The third kappa shape index (κ3) is 49.9. The molecule has 2 unspecified atom stereocenters. The van der Waals surface area contributed by atoms with E-state index in [1.165, 1.54) is 231 Å². The number of rotatable bonds is 53. The van der Waals surface area contributed by atoms with Gasteiger partial charge in [0.15, 0.2) is 0 Å². The molecule has 0 fully saturated rings. The summed E-state index contributed by atoms with van der Waals surface area (Å²) in [4.78, 5) is 24.5. The van der Waals surface area contributed by atoms with E-state index in [0.29, 0.717) is 25.9 Å². The lowest BCUT2D eigenvalue weighted by Gasteiger charge is -2.22. The van der Waals surface area contributed by atoms with Gasteiger partial charge in [-0.25, -0.2) is 0 Å². The van der Waals surface area contributed by atoms with Crippen LogP contribution in [-0.2, 0) is 14.3 Å². The quantitative estimate of drug-likeness (QED) is 0.0321. The highest BCUT2D eigenvalue weighted by Crippen LogP contribution is 2.17. The maximum atomic E-state index is 12.5. The van der Waals surface area contributed by atoms with Crippen molar-refractivity contribution < 1.29 is 24.5 Å². The predicted octanol–water partition coefficient (Wildman–Crippen LogP) is 17.3. The highest BCUT2D eigenvalue weighted by atomic mass is 16.5. The van der Waals surface area contributed by atoms with Gasteiger partial charge in [0.05, 0.1) is 25.4 Å². The molecule has 0 heterocycles. The van der Waals surface area contributed by atoms with E-state index >= 15 is 0 Å². The van der Waals surface area contributed by atoms with E-state index < -0.39 is 12.1 Å². The van der Waals surface area contributed by atoms with Gasteiger partial charge in [-0.05, 0) is 51.4 Å². The lowest BCUT2D eigenvalue weighted by molar-refractivity contribution is -0.143. The second-order valence-electron chi connectivity index (χ2n) is 19.6. The third-order valence-corrected chi connectivity index (χ3v) is 13.3. The minimum Gasteiger partial charge on any atom is -0.466 e. The number of unbranched alkanes of at least 4 members (excludes halogenated alkanes) is 40. The fourth-order valence-electron chi connectivity index (χ4n) is 8.93. The van der Waals surface area contributed by atoms with Gasteiger partial charge in [0, 0.05) is 12.8 Å². The molecule has 6 nitrogen and oxygen atoms in total. The van der Waals surface area contributed by atoms with E-state index in [9.17, 15) is 19.8 Å². The van der Waals surface area contributed by atoms with Crippen molar-refractivity contribution in [1.29, 1.82) is 0 Å². The Bertz CT molecular complexity index is 939. The number of aliphatic hydroxyl groups is 2. The molecule has 3 N–H and O–H groups in total. The summed E-state index contributed by atoms with van der Waals surface area (Å²) in [7, 11) is 0. The number of carbonyl (C=O) groups excluding carboxylic acids is 2. The van der Waals surface area contributed by atoms with Crippen molar-refractivity contribution in [2.75, 3.05) is 13.2 Å². The first-order valence-corrected chi connectivity index (χ1v) is 28.4. The van der Waals surface area contributed by atoms with Crippen LogP contribution in [0.3, 0.4) is 0 Å². The van der Waals surface area contributed by atoms with Crippen molar-refractivity contribution in [1.82, 2.24) is 5.32 Å². The van der Waals surface area contributed by atoms with Crippen LogP contribution >= 0.6 is 0 Å². The lowest BCUT2D eigenvalue weighted by Crippen LogP contribution is -2.45. The number of amides is 1. The number of esters is 1. The molecule has 0 aromatic heterocycles. The predicted molar refractivity (Wildman–Crippen MR) is 273 cm³/mol. The molecule has 0 aliphatic heterocycles. The van der Waals surface area contributed by atoms with E-state index in [4.69, 9.17) is 4.74 Å². The molecule has 6 heteroatoms. The maximum absolute atomic E-state index is 12.5. The molecule has 0 aliphatic carbocycles. The Kier molecular flexibility index (Phi) is 52.0. The molecule has 0 spiro atoms. The largest absolute Gasteiger partial charge is 0.466 e. The van der Waals surface area contributed by atoms with Crippen LogP contribution in [0.4, 0.5) is 0 Å². The Morgan fingerprint density at radius 1 is 0.429 bits per heavy atom. The molecular formula is C57H111NO5. The maximum Gasteiger partial charge on any atom is 0.305 e. The smallest absolute Gasteiger partial charge is 0.305 e. The molecule has 2 atom stereocenters. The van der Waals surface area contributed by atoms with Crippen molar-refractivity contribution in [2.45, 2.75) is 328 Å². The van der Waals surface area contributed by atoms with E-state index in [-0.39, 0.29) is 18.5 Å². The molecule has 0 saturated carbocycles. The van der Waals surface area contributed by atoms with Gasteiger partial charge >= 0.3 is 5.97 Å². The summed E-state index contributed by atoms with van der Waals surface area (Å²) in [5, 5.41) is 23.3. The summed E-state index contributed by atoms with van der Waals surface area (Å²) in [6.45, 7) is 4.94. The van der Waals surface area contributed by atoms with Crippen LogP contribution in [0.15, 0.2) is 12.2 Å². The average molecular weight is 891 g/mol. The summed E-state index contributed by atoms with van der Waals surface area (Å²) >= 11 is 0. The Hall–Kier alpha value is -1.40. The molecule has 0 aromatic rings.